The van der Waals surface area contributed by atoms with Gasteiger partial charge >= 0.3 is 0 Å². The van der Waals surface area contributed by atoms with Crippen molar-refractivity contribution in [2.75, 3.05) is 5.32 Å². The molecule has 0 radical (unpaired) electrons. The number of nitrogens with one attached hydrogen (secondary N) is 1. The average molecular weight is 406 g/mol. The third kappa shape index (κ3) is 3.13. The van der Waals surface area contributed by atoms with Gasteiger partial charge in [0.15, 0.2) is 0 Å². The maximum atomic E-state index is 9.72. The number of aromatic nitrogens is 3. The number of fused-ring (bicyclic) bond motifs is 2. The van der Waals surface area contributed by atoms with E-state index in [1.807, 2.05) is 30.3 Å². The van der Waals surface area contributed by atoms with Crippen molar-refractivity contribution in [2.45, 2.75) is 20.4 Å². The molecule has 152 valence electrons. The highest BCUT2D eigenvalue weighted by Crippen LogP contribution is 2.27. The van der Waals surface area contributed by atoms with Crippen LogP contribution in [-0.4, -0.2) is 14.1 Å². The lowest BCUT2D eigenvalue weighted by Gasteiger charge is -2.11. The van der Waals surface area contributed by atoms with Crippen LogP contribution >= 0.6 is 0 Å². The summed E-state index contributed by atoms with van der Waals surface area (Å²) in [5, 5.41) is 15.2. The quantitative estimate of drug-likeness (QED) is 0.422. The first kappa shape index (κ1) is 19.0. The van der Waals surface area contributed by atoms with Gasteiger partial charge in [-0.3, -0.25) is 4.57 Å². The zero-order valence-electron chi connectivity index (χ0n) is 17.8. The van der Waals surface area contributed by atoms with E-state index in [4.69, 9.17) is 4.98 Å². The minimum atomic E-state index is 0.621. The second kappa shape index (κ2) is 7.33. The van der Waals surface area contributed by atoms with Gasteiger partial charge in [0.2, 0.25) is 5.95 Å². The molecule has 0 unspecified atom stereocenters. The van der Waals surface area contributed by atoms with Crippen molar-refractivity contribution in [1.29, 1.82) is 5.26 Å². The number of rotatable bonds is 4. The van der Waals surface area contributed by atoms with Gasteiger partial charge in [-0.1, -0.05) is 36.4 Å². The highest BCUT2D eigenvalue weighted by atomic mass is 15.2. The summed E-state index contributed by atoms with van der Waals surface area (Å²) in [5.74, 6) is 0.918. The Hall–Kier alpha value is -4.04. The van der Waals surface area contributed by atoms with Gasteiger partial charge in [-0.05, 0) is 55.1 Å². The molecule has 3 aromatic carbocycles. The molecular formula is C26H23N5. The molecule has 31 heavy (non-hydrogen) atoms. The van der Waals surface area contributed by atoms with Crippen LogP contribution in [0.3, 0.4) is 0 Å². The van der Waals surface area contributed by atoms with Gasteiger partial charge in [0.25, 0.3) is 0 Å². The van der Waals surface area contributed by atoms with Crippen LogP contribution in [0.1, 0.15) is 22.5 Å². The van der Waals surface area contributed by atoms with Gasteiger partial charge in [0, 0.05) is 30.4 Å². The van der Waals surface area contributed by atoms with Crippen molar-refractivity contribution in [3.05, 3.63) is 89.2 Å². The maximum absolute atomic E-state index is 9.72. The second-order valence-corrected chi connectivity index (χ2v) is 7.92. The van der Waals surface area contributed by atoms with E-state index in [1.54, 1.807) is 0 Å². The molecule has 1 N–H and O–H groups in total. The monoisotopic (exact) mass is 405 g/mol. The molecule has 0 atom stereocenters. The number of hydrogen-bond acceptors (Lipinski definition) is 3. The molecule has 5 heteroatoms. The summed E-state index contributed by atoms with van der Waals surface area (Å²) < 4.78 is 4.30. The van der Waals surface area contributed by atoms with Crippen LogP contribution in [0, 0.1) is 25.2 Å². The molecule has 5 rings (SSSR count). The molecular weight excluding hydrogens is 382 g/mol. The van der Waals surface area contributed by atoms with Crippen molar-refractivity contribution in [3.63, 3.8) is 0 Å². The highest BCUT2D eigenvalue weighted by Gasteiger charge is 2.13. The largest absolute Gasteiger partial charge is 0.380 e. The van der Waals surface area contributed by atoms with Gasteiger partial charge in [-0.2, -0.15) is 5.26 Å². The Labute approximate surface area is 181 Å². The third-order valence-corrected chi connectivity index (χ3v) is 5.92. The Morgan fingerprint density at radius 2 is 1.74 bits per heavy atom. The SMILES string of the molecule is Cc1ccc(C)n1-c1nc2cc(CNc3ccc4ccccc4c3C#N)ccc2n1C. The summed E-state index contributed by atoms with van der Waals surface area (Å²) in [6.45, 7) is 4.81. The van der Waals surface area contributed by atoms with Crippen molar-refractivity contribution >= 4 is 27.5 Å². The molecule has 5 nitrogen and oxygen atoms in total. The first-order chi connectivity index (χ1) is 15.1. The van der Waals surface area contributed by atoms with E-state index in [0.717, 1.165) is 50.4 Å². The minimum absolute atomic E-state index is 0.621. The van der Waals surface area contributed by atoms with E-state index in [2.05, 4.69) is 77.8 Å². The van der Waals surface area contributed by atoms with Crippen molar-refractivity contribution in [1.82, 2.24) is 14.1 Å². The predicted molar refractivity (Wildman–Crippen MR) is 126 cm³/mol. The van der Waals surface area contributed by atoms with E-state index in [-0.39, 0.29) is 0 Å². The first-order valence-electron chi connectivity index (χ1n) is 10.3. The Balaban J connectivity index is 1.47. The number of benzene rings is 3. The summed E-state index contributed by atoms with van der Waals surface area (Å²) in [6, 6.07) is 24.9. The van der Waals surface area contributed by atoms with Gasteiger partial charge < -0.3 is 9.88 Å². The fourth-order valence-corrected chi connectivity index (χ4v) is 4.26. The first-order valence-corrected chi connectivity index (χ1v) is 10.3. The molecule has 0 saturated heterocycles. The predicted octanol–water partition coefficient (Wildman–Crippen LogP) is 5.62. The fraction of sp³-hybridized carbons (Fsp3) is 0.154. The average Bonchev–Trinajstić information content (AvgIpc) is 3.29. The Kier molecular flexibility index (Phi) is 4.48. The number of imidazole rings is 1. The normalized spacial score (nSPS) is 11.2. The smallest absolute Gasteiger partial charge is 0.215 e. The van der Waals surface area contributed by atoms with Crippen LogP contribution in [0.4, 0.5) is 5.69 Å². The topological polar surface area (TPSA) is 58.6 Å². The molecule has 2 heterocycles. The molecule has 0 aliphatic rings. The highest BCUT2D eigenvalue weighted by molar-refractivity contribution is 5.92. The summed E-state index contributed by atoms with van der Waals surface area (Å²) >= 11 is 0. The molecule has 0 amide bonds. The van der Waals surface area contributed by atoms with E-state index in [9.17, 15) is 5.26 Å². The Bertz CT molecular complexity index is 1460. The number of nitrogens with zero attached hydrogens (tertiary/aromatic N) is 4. The van der Waals surface area contributed by atoms with Gasteiger partial charge in [0.05, 0.1) is 22.3 Å². The zero-order valence-corrected chi connectivity index (χ0v) is 17.8. The zero-order chi connectivity index (χ0) is 21.5. The molecule has 2 aromatic heterocycles. The Morgan fingerprint density at radius 1 is 0.968 bits per heavy atom. The van der Waals surface area contributed by atoms with E-state index in [1.165, 1.54) is 0 Å². The molecule has 0 bridgehead atoms. The lowest BCUT2D eigenvalue weighted by molar-refractivity contribution is 0.806. The van der Waals surface area contributed by atoms with Gasteiger partial charge in [-0.25, -0.2) is 4.98 Å². The summed E-state index contributed by atoms with van der Waals surface area (Å²) in [6.07, 6.45) is 0. The molecule has 0 fully saturated rings. The van der Waals surface area contributed by atoms with E-state index >= 15 is 0 Å². The van der Waals surface area contributed by atoms with E-state index < -0.39 is 0 Å². The van der Waals surface area contributed by atoms with Crippen molar-refractivity contribution < 1.29 is 0 Å². The fourth-order valence-electron chi connectivity index (χ4n) is 4.26. The van der Waals surface area contributed by atoms with Crippen LogP contribution in [0.5, 0.6) is 0 Å². The maximum Gasteiger partial charge on any atom is 0.215 e. The Morgan fingerprint density at radius 3 is 2.52 bits per heavy atom. The van der Waals surface area contributed by atoms with Crippen LogP contribution in [-0.2, 0) is 13.6 Å². The second-order valence-electron chi connectivity index (χ2n) is 7.92. The lowest BCUT2D eigenvalue weighted by Crippen LogP contribution is -2.06. The van der Waals surface area contributed by atoms with Crippen LogP contribution < -0.4 is 5.32 Å². The number of aryl methyl sites for hydroxylation is 3. The molecule has 0 saturated carbocycles. The van der Waals surface area contributed by atoms with Crippen LogP contribution in [0.25, 0.3) is 27.8 Å². The molecule has 0 aliphatic heterocycles. The number of hydrogen-bond donors (Lipinski definition) is 1. The summed E-state index contributed by atoms with van der Waals surface area (Å²) in [7, 11) is 2.05. The molecule has 0 aliphatic carbocycles. The van der Waals surface area contributed by atoms with Crippen LogP contribution in [0.15, 0.2) is 66.7 Å². The summed E-state index contributed by atoms with van der Waals surface area (Å²) in [5.41, 5.74) is 7.03. The standard InChI is InChI=1S/C26H23N5/c1-17-8-9-18(2)31(17)26-29-24-14-19(10-13-25(24)30(26)3)16-28-23-12-11-20-6-4-5-7-21(20)22(23)15-27/h4-14,28H,16H2,1-3H3. The van der Waals surface area contributed by atoms with Gasteiger partial charge in [0.1, 0.15) is 6.07 Å². The lowest BCUT2D eigenvalue weighted by atomic mass is 10.0. The van der Waals surface area contributed by atoms with Crippen molar-refractivity contribution in [3.8, 4) is 12.0 Å². The van der Waals surface area contributed by atoms with E-state index in [0.29, 0.717) is 12.1 Å². The molecule has 0 spiro atoms. The molecule has 5 aromatic rings. The van der Waals surface area contributed by atoms with Gasteiger partial charge in [-0.15, -0.1) is 0 Å². The third-order valence-electron chi connectivity index (χ3n) is 5.92. The number of nitriles is 1. The van der Waals surface area contributed by atoms with Crippen molar-refractivity contribution in [2.24, 2.45) is 7.05 Å². The minimum Gasteiger partial charge on any atom is -0.380 e. The van der Waals surface area contributed by atoms with Crippen LogP contribution in [0.2, 0.25) is 0 Å². The number of anilines is 1. The summed E-state index contributed by atoms with van der Waals surface area (Å²) in [4.78, 5) is 4.91.